The molecule has 3 heterocycles. The average molecular weight is 440 g/mol. The van der Waals surface area contributed by atoms with Crippen LogP contribution in [0, 0.1) is 5.92 Å². The normalized spacial score (nSPS) is 17.5. The lowest BCUT2D eigenvalue weighted by Gasteiger charge is -2.30. The number of hydrogen-bond donors (Lipinski definition) is 3. The van der Waals surface area contributed by atoms with Crippen LogP contribution in [0.4, 0.5) is 5.82 Å². The first-order chi connectivity index (χ1) is 15.5. The van der Waals surface area contributed by atoms with Crippen molar-refractivity contribution in [2.45, 2.75) is 45.4 Å². The fourth-order valence-corrected chi connectivity index (χ4v) is 4.05. The maximum Gasteiger partial charge on any atom is 0.270 e. The molecular weight excluding hydrogens is 406 g/mol. The molecule has 8 nitrogen and oxygen atoms in total. The molecule has 0 aliphatic carbocycles. The first kappa shape index (κ1) is 22.6. The van der Waals surface area contributed by atoms with Crippen molar-refractivity contribution in [3.05, 3.63) is 53.0 Å². The molecule has 1 unspecified atom stereocenters. The number of ether oxygens (including phenoxy) is 1. The van der Waals surface area contributed by atoms with Crippen LogP contribution in [-0.4, -0.2) is 70.9 Å². The van der Waals surface area contributed by atoms with E-state index in [1.54, 1.807) is 6.07 Å². The number of anilines is 1. The largest absolute Gasteiger partial charge is 0.390 e. The number of aromatic nitrogens is 2. The van der Waals surface area contributed by atoms with Crippen LogP contribution in [0.1, 0.15) is 41.3 Å². The van der Waals surface area contributed by atoms with Crippen molar-refractivity contribution in [1.29, 1.82) is 0 Å². The number of benzene rings is 1. The van der Waals surface area contributed by atoms with Gasteiger partial charge in [-0.25, -0.2) is 9.97 Å². The van der Waals surface area contributed by atoms with Crippen LogP contribution in [-0.2, 0) is 24.1 Å². The maximum atomic E-state index is 12.8. The van der Waals surface area contributed by atoms with Gasteiger partial charge in [0.05, 0.1) is 25.4 Å². The van der Waals surface area contributed by atoms with Gasteiger partial charge in [0, 0.05) is 38.7 Å². The minimum atomic E-state index is -0.647. The Hall–Kier alpha value is -2.55. The smallest absolute Gasteiger partial charge is 0.270 e. The summed E-state index contributed by atoms with van der Waals surface area (Å²) in [5, 5.41) is 16.7. The highest BCUT2D eigenvalue weighted by Crippen LogP contribution is 2.18. The fourth-order valence-electron chi connectivity index (χ4n) is 4.05. The van der Waals surface area contributed by atoms with E-state index in [1.165, 1.54) is 11.1 Å². The minimum absolute atomic E-state index is 0.180. The molecule has 2 aromatic rings. The molecule has 2 aliphatic rings. The van der Waals surface area contributed by atoms with Crippen molar-refractivity contribution in [3.63, 3.8) is 0 Å². The molecule has 1 aromatic heterocycles. The zero-order chi connectivity index (χ0) is 22.5. The number of aliphatic hydroxyl groups is 1. The molecule has 1 aromatic carbocycles. The van der Waals surface area contributed by atoms with Gasteiger partial charge in [0.2, 0.25) is 0 Å². The molecule has 172 valence electrons. The molecule has 2 aliphatic heterocycles. The van der Waals surface area contributed by atoms with Crippen LogP contribution in [0.15, 0.2) is 30.3 Å². The Morgan fingerprint density at radius 3 is 2.75 bits per heavy atom. The van der Waals surface area contributed by atoms with Gasteiger partial charge in [0.1, 0.15) is 17.3 Å². The Morgan fingerprint density at radius 1 is 1.25 bits per heavy atom. The third-order valence-electron chi connectivity index (χ3n) is 5.76. The summed E-state index contributed by atoms with van der Waals surface area (Å²) in [4.78, 5) is 24.0. The van der Waals surface area contributed by atoms with Crippen molar-refractivity contribution < 1.29 is 14.6 Å². The van der Waals surface area contributed by atoms with E-state index < -0.39 is 6.10 Å². The number of rotatable bonds is 9. The lowest BCUT2D eigenvalue weighted by Crippen LogP contribution is -2.42. The van der Waals surface area contributed by atoms with Gasteiger partial charge >= 0.3 is 0 Å². The third kappa shape index (κ3) is 6.03. The maximum absolute atomic E-state index is 12.8. The molecule has 0 radical (unpaired) electrons. The number of β-amino-alcohol motifs (C(OH)–C–C–N with tert-alkyl or cyclic N) is 1. The predicted molar refractivity (Wildman–Crippen MR) is 123 cm³/mol. The zero-order valence-electron chi connectivity index (χ0n) is 18.9. The molecule has 3 N–H and O–H groups in total. The van der Waals surface area contributed by atoms with Crippen LogP contribution >= 0.6 is 0 Å². The lowest BCUT2D eigenvalue weighted by atomic mass is 10.00. The SMILES string of the molecule is CC(C)Cc1nc(NC2COC2)cc(C(=O)NCC(O)CN2CCc3ccccc3C2)n1. The van der Waals surface area contributed by atoms with E-state index in [0.29, 0.717) is 49.4 Å². The van der Waals surface area contributed by atoms with Gasteiger partial charge in [-0.2, -0.15) is 0 Å². The highest BCUT2D eigenvalue weighted by Gasteiger charge is 2.22. The summed E-state index contributed by atoms with van der Waals surface area (Å²) in [7, 11) is 0. The highest BCUT2D eigenvalue weighted by atomic mass is 16.5. The molecule has 4 rings (SSSR count). The molecular formula is C24H33N5O3. The molecule has 1 amide bonds. The van der Waals surface area contributed by atoms with E-state index in [4.69, 9.17) is 4.74 Å². The second-order valence-electron chi connectivity index (χ2n) is 9.15. The quantitative estimate of drug-likeness (QED) is 0.546. The summed E-state index contributed by atoms with van der Waals surface area (Å²) in [6.07, 6.45) is 1.03. The van der Waals surface area contributed by atoms with Crippen LogP contribution in [0.2, 0.25) is 0 Å². The van der Waals surface area contributed by atoms with Gasteiger partial charge in [0.15, 0.2) is 0 Å². The van der Waals surface area contributed by atoms with E-state index in [0.717, 1.165) is 19.5 Å². The number of hydrogen-bond acceptors (Lipinski definition) is 7. The molecule has 0 saturated carbocycles. The van der Waals surface area contributed by atoms with Crippen molar-refractivity contribution >= 4 is 11.7 Å². The summed E-state index contributed by atoms with van der Waals surface area (Å²) in [6.45, 7) is 7.90. The van der Waals surface area contributed by atoms with Crippen LogP contribution in [0.25, 0.3) is 0 Å². The highest BCUT2D eigenvalue weighted by molar-refractivity contribution is 5.92. The standard InChI is InChI=1S/C24H33N5O3/c1-16(2)9-22-27-21(10-23(28-22)26-19-14-32-15-19)24(31)25-11-20(30)13-29-8-7-17-5-3-4-6-18(17)12-29/h3-6,10,16,19-20,30H,7-9,11-15H2,1-2H3,(H,25,31)(H,26,27,28). The van der Waals surface area contributed by atoms with Gasteiger partial charge in [0.25, 0.3) is 5.91 Å². The molecule has 0 bridgehead atoms. The summed E-state index contributed by atoms with van der Waals surface area (Å²) in [5.41, 5.74) is 3.01. The van der Waals surface area contributed by atoms with Gasteiger partial charge in [-0.1, -0.05) is 38.1 Å². The predicted octanol–water partition coefficient (Wildman–Crippen LogP) is 1.63. The number of fused-ring (bicyclic) bond motifs is 1. The van der Waals surface area contributed by atoms with Crippen molar-refractivity contribution in [2.75, 3.05) is 38.2 Å². The van der Waals surface area contributed by atoms with E-state index in [-0.39, 0.29) is 18.5 Å². The van der Waals surface area contributed by atoms with Crippen molar-refractivity contribution in [3.8, 4) is 0 Å². The topological polar surface area (TPSA) is 99.6 Å². The van der Waals surface area contributed by atoms with Gasteiger partial charge < -0.3 is 20.5 Å². The van der Waals surface area contributed by atoms with Crippen molar-refractivity contribution in [2.24, 2.45) is 5.92 Å². The van der Waals surface area contributed by atoms with E-state index in [2.05, 4.69) is 63.6 Å². The Balaban J connectivity index is 1.33. The number of aliphatic hydroxyl groups excluding tert-OH is 1. The monoisotopic (exact) mass is 439 g/mol. The van der Waals surface area contributed by atoms with Crippen molar-refractivity contribution in [1.82, 2.24) is 20.2 Å². The number of amides is 1. The Labute approximate surface area is 189 Å². The van der Waals surface area contributed by atoms with E-state index in [1.807, 2.05) is 0 Å². The second-order valence-corrected chi connectivity index (χ2v) is 9.15. The Bertz CT molecular complexity index is 932. The van der Waals surface area contributed by atoms with Crippen LogP contribution in [0.3, 0.4) is 0 Å². The number of nitrogens with zero attached hydrogens (tertiary/aromatic N) is 3. The van der Waals surface area contributed by atoms with E-state index in [9.17, 15) is 9.90 Å². The van der Waals surface area contributed by atoms with Crippen LogP contribution < -0.4 is 10.6 Å². The molecule has 1 saturated heterocycles. The first-order valence-corrected chi connectivity index (χ1v) is 11.4. The summed E-state index contributed by atoms with van der Waals surface area (Å²) in [6, 6.07) is 10.3. The molecule has 0 spiro atoms. The van der Waals surface area contributed by atoms with Gasteiger partial charge in [-0.15, -0.1) is 0 Å². The number of carbonyl (C=O) groups is 1. The van der Waals surface area contributed by atoms with E-state index >= 15 is 0 Å². The average Bonchev–Trinajstić information content (AvgIpc) is 2.74. The first-order valence-electron chi connectivity index (χ1n) is 11.4. The Morgan fingerprint density at radius 2 is 2.03 bits per heavy atom. The Kier molecular flexibility index (Phi) is 7.34. The number of nitrogens with one attached hydrogen (secondary N) is 2. The number of carbonyl (C=O) groups excluding carboxylic acids is 1. The second kappa shape index (κ2) is 10.4. The third-order valence-corrected chi connectivity index (χ3v) is 5.76. The molecule has 1 atom stereocenters. The summed E-state index contributed by atoms with van der Waals surface area (Å²) >= 11 is 0. The summed E-state index contributed by atoms with van der Waals surface area (Å²) < 4.78 is 5.21. The summed E-state index contributed by atoms with van der Waals surface area (Å²) in [5.74, 6) is 1.36. The molecule has 8 heteroatoms. The van der Waals surface area contributed by atoms with Gasteiger partial charge in [-0.3, -0.25) is 9.69 Å². The fraction of sp³-hybridized carbons (Fsp3) is 0.542. The zero-order valence-corrected chi connectivity index (χ0v) is 18.9. The minimum Gasteiger partial charge on any atom is -0.390 e. The van der Waals surface area contributed by atoms with Crippen LogP contribution in [0.5, 0.6) is 0 Å². The molecule has 32 heavy (non-hydrogen) atoms. The lowest BCUT2D eigenvalue weighted by molar-refractivity contribution is 0.0209. The molecule has 1 fully saturated rings. The van der Waals surface area contributed by atoms with Gasteiger partial charge in [-0.05, 0) is 23.5 Å².